The number of benzene rings is 2. The van der Waals surface area contributed by atoms with Crippen molar-refractivity contribution in [2.24, 2.45) is 0 Å². The first kappa shape index (κ1) is 24.9. The van der Waals surface area contributed by atoms with E-state index in [2.05, 4.69) is 12.2 Å². The number of carbonyl (C=O) groups excluding carboxylic acids is 2. The van der Waals surface area contributed by atoms with Crippen LogP contribution in [0.4, 0.5) is 0 Å². The molecule has 0 unspecified atom stereocenters. The van der Waals surface area contributed by atoms with Crippen molar-refractivity contribution in [1.29, 1.82) is 0 Å². The number of hydrogen-bond donors (Lipinski definition) is 2. The van der Waals surface area contributed by atoms with Gasteiger partial charge in [-0.25, -0.2) is 4.79 Å². The van der Waals surface area contributed by atoms with Gasteiger partial charge in [-0.1, -0.05) is 31.2 Å². The second-order valence-corrected chi connectivity index (χ2v) is 10.1. The first-order valence-corrected chi connectivity index (χ1v) is 13.0. The molecule has 4 rings (SSSR count). The van der Waals surface area contributed by atoms with Crippen LogP contribution < -0.4 is 10.1 Å². The molecule has 184 valence electrons. The smallest absolute Gasteiger partial charge is 0.336 e. The fraction of sp³-hybridized carbons (Fsp3) is 0.357. The van der Waals surface area contributed by atoms with Gasteiger partial charge in [-0.15, -0.1) is 0 Å². The molecule has 2 atom stereocenters. The van der Waals surface area contributed by atoms with Crippen molar-refractivity contribution in [3.8, 4) is 11.5 Å². The predicted molar refractivity (Wildman–Crippen MR) is 138 cm³/mol. The molecule has 1 aliphatic heterocycles. The third-order valence-corrected chi connectivity index (χ3v) is 7.37. The number of ether oxygens (including phenoxy) is 2. The molecule has 2 aromatic rings. The Morgan fingerprint density at radius 2 is 1.91 bits per heavy atom. The summed E-state index contributed by atoms with van der Waals surface area (Å²) in [5, 5.41) is 13.5. The van der Waals surface area contributed by atoms with Crippen molar-refractivity contribution >= 4 is 23.5 Å². The zero-order valence-corrected chi connectivity index (χ0v) is 21.1. The van der Waals surface area contributed by atoms with Crippen molar-refractivity contribution in [1.82, 2.24) is 5.32 Å². The van der Waals surface area contributed by atoms with Gasteiger partial charge in [0.1, 0.15) is 18.1 Å². The number of aromatic hydroxyl groups is 1. The average molecular weight is 494 g/mol. The van der Waals surface area contributed by atoms with Crippen LogP contribution in [-0.2, 0) is 14.3 Å². The first-order chi connectivity index (χ1) is 16.9. The molecule has 0 bridgehead atoms. The van der Waals surface area contributed by atoms with Gasteiger partial charge < -0.3 is 19.9 Å². The van der Waals surface area contributed by atoms with Gasteiger partial charge in [0.2, 0.25) is 0 Å². The van der Waals surface area contributed by atoms with Crippen LogP contribution >= 0.6 is 11.8 Å². The SMILES string of the molecule is CCSCCOC(=O)C1=C(C)NC2=C(C(=O)C[C@@H](c3ccc(OC)cc3)C2)[C@@H]1c1cccc(O)c1. The van der Waals surface area contributed by atoms with Crippen LogP contribution in [0, 0.1) is 0 Å². The van der Waals surface area contributed by atoms with E-state index < -0.39 is 11.9 Å². The Morgan fingerprint density at radius 1 is 1.14 bits per heavy atom. The van der Waals surface area contributed by atoms with Gasteiger partial charge in [0.25, 0.3) is 0 Å². The zero-order chi connectivity index (χ0) is 24.9. The maximum absolute atomic E-state index is 13.6. The van der Waals surface area contributed by atoms with Crippen LogP contribution in [0.1, 0.15) is 49.7 Å². The minimum atomic E-state index is -0.589. The Labute approximate surface area is 210 Å². The number of esters is 1. The van der Waals surface area contributed by atoms with Crippen LogP contribution in [0.3, 0.4) is 0 Å². The molecular formula is C28H31NO5S. The molecule has 0 aromatic heterocycles. The highest BCUT2D eigenvalue weighted by Gasteiger charge is 2.41. The summed E-state index contributed by atoms with van der Waals surface area (Å²) in [5.41, 5.74) is 4.28. The number of dihydropyridines is 1. The number of ketones is 1. The van der Waals surface area contributed by atoms with Gasteiger partial charge in [0.05, 0.1) is 12.7 Å². The van der Waals surface area contributed by atoms with E-state index in [1.54, 1.807) is 37.1 Å². The highest BCUT2D eigenvalue weighted by molar-refractivity contribution is 7.99. The second-order valence-electron chi connectivity index (χ2n) is 8.72. The van der Waals surface area contributed by atoms with Crippen LogP contribution in [0.2, 0.25) is 0 Å². The predicted octanol–water partition coefficient (Wildman–Crippen LogP) is 5.06. The molecule has 0 saturated heterocycles. The number of phenols is 1. The number of rotatable bonds is 8. The molecule has 35 heavy (non-hydrogen) atoms. The van der Waals surface area contributed by atoms with Crippen molar-refractivity contribution < 1.29 is 24.2 Å². The van der Waals surface area contributed by atoms with Crippen molar-refractivity contribution in [2.45, 2.75) is 38.5 Å². The lowest BCUT2D eigenvalue weighted by atomic mass is 9.71. The quantitative estimate of drug-likeness (QED) is 0.393. The van der Waals surface area contributed by atoms with E-state index in [9.17, 15) is 14.7 Å². The van der Waals surface area contributed by atoms with E-state index in [4.69, 9.17) is 9.47 Å². The molecule has 2 aromatic carbocycles. The van der Waals surface area contributed by atoms with Crippen LogP contribution in [0.25, 0.3) is 0 Å². The standard InChI is InChI=1S/C28H31NO5S/c1-4-35-13-12-34-28(32)25-17(2)29-23-15-20(18-8-10-22(33-3)11-9-18)16-24(31)27(23)26(25)19-6-5-7-21(30)14-19/h5-11,14,20,26,29-30H,4,12-13,15-16H2,1-3H3/t20-,26+/m0/s1. The normalized spacial score (nSPS) is 19.8. The average Bonchev–Trinajstić information content (AvgIpc) is 2.85. The Bertz CT molecular complexity index is 1170. The van der Waals surface area contributed by atoms with Gasteiger partial charge in [-0.3, -0.25) is 4.79 Å². The summed E-state index contributed by atoms with van der Waals surface area (Å²) >= 11 is 1.70. The van der Waals surface area contributed by atoms with E-state index in [1.807, 2.05) is 37.3 Å². The number of allylic oxidation sites excluding steroid dienone is 3. The number of methoxy groups -OCH3 is 1. The summed E-state index contributed by atoms with van der Waals surface area (Å²) in [6.07, 6.45) is 0.992. The largest absolute Gasteiger partial charge is 0.508 e. The third kappa shape index (κ3) is 5.40. The highest BCUT2D eigenvalue weighted by Crippen LogP contribution is 2.46. The third-order valence-electron chi connectivity index (χ3n) is 6.50. The molecule has 2 aliphatic rings. The topological polar surface area (TPSA) is 84.9 Å². The number of hydrogen-bond acceptors (Lipinski definition) is 7. The highest BCUT2D eigenvalue weighted by atomic mass is 32.2. The number of Topliss-reactive ketones (excluding diaryl/α,β-unsaturated/α-hetero) is 1. The van der Waals surface area contributed by atoms with Crippen LogP contribution in [-0.4, -0.2) is 42.1 Å². The minimum Gasteiger partial charge on any atom is -0.508 e. The zero-order valence-electron chi connectivity index (χ0n) is 20.3. The van der Waals surface area contributed by atoms with Gasteiger partial charge in [-0.2, -0.15) is 11.8 Å². The summed E-state index contributed by atoms with van der Waals surface area (Å²) < 4.78 is 10.9. The summed E-state index contributed by atoms with van der Waals surface area (Å²) in [7, 11) is 1.63. The van der Waals surface area contributed by atoms with Gasteiger partial charge in [0, 0.05) is 35.1 Å². The van der Waals surface area contributed by atoms with E-state index in [0.717, 1.165) is 28.5 Å². The Balaban J connectivity index is 1.69. The Morgan fingerprint density at radius 3 is 2.60 bits per heavy atom. The molecule has 0 saturated carbocycles. The van der Waals surface area contributed by atoms with Crippen molar-refractivity contribution in [2.75, 3.05) is 25.2 Å². The molecule has 2 N–H and O–H groups in total. The molecule has 0 amide bonds. The number of thioether (sulfide) groups is 1. The van der Waals surface area contributed by atoms with E-state index in [-0.39, 0.29) is 17.5 Å². The van der Waals surface area contributed by atoms with Crippen molar-refractivity contribution in [3.05, 3.63) is 82.2 Å². The van der Waals surface area contributed by atoms with E-state index >= 15 is 0 Å². The summed E-state index contributed by atoms with van der Waals surface area (Å²) in [4.78, 5) is 26.8. The summed E-state index contributed by atoms with van der Waals surface area (Å²) in [6.45, 7) is 4.21. The van der Waals surface area contributed by atoms with Crippen LogP contribution in [0.5, 0.6) is 11.5 Å². The fourth-order valence-electron chi connectivity index (χ4n) is 4.87. The lowest BCUT2D eigenvalue weighted by Gasteiger charge is -2.36. The summed E-state index contributed by atoms with van der Waals surface area (Å²) in [6, 6.07) is 14.6. The first-order valence-electron chi connectivity index (χ1n) is 11.8. The maximum atomic E-state index is 13.6. The van der Waals surface area contributed by atoms with Gasteiger partial charge in [-0.05, 0) is 60.4 Å². The van der Waals surface area contributed by atoms with E-state index in [0.29, 0.717) is 41.9 Å². The number of nitrogens with one attached hydrogen (secondary N) is 1. The molecule has 1 aliphatic carbocycles. The number of phenolic OH excluding ortho intramolecular Hbond substituents is 1. The molecule has 1 heterocycles. The lowest BCUT2D eigenvalue weighted by Crippen LogP contribution is -2.36. The Hall–Kier alpha value is -3.19. The van der Waals surface area contributed by atoms with Crippen LogP contribution in [0.15, 0.2) is 71.1 Å². The molecule has 0 spiro atoms. The monoisotopic (exact) mass is 493 g/mol. The molecule has 0 radical (unpaired) electrons. The molecule has 6 nitrogen and oxygen atoms in total. The molecular weight excluding hydrogens is 462 g/mol. The Kier molecular flexibility index (Phi) is 7.86. The fourth-order valence-corrected chi connectivity index (χ4v) is 5.36. The van der Waals surface area contributed by atoms with Gasteiger partial charge >= 0.3 is 5.97 Å². The second kappa shape index (κ2) is 11.0. The van der Waals surface area contributed by atoms with Crippen molar-refractivity contribution in [3.63, 3.8) is 0 Å². The van der Waals surface area contributed by atoms with E-state index in [1.165, 1.54) is 0 Å². The lowest BCUT2D eigenvalue weighted by molar-refractivity contribution is -0.138. The molecule has 7 heteroatoms. The van der Waals surface area contributed by atoms with Gasteiger partial charge in [0.15, 0.2) is 5.78 Å². The number of carbonyl (C=O) groups is 2. The maximum Gasteiger partial charge on any atom is 0.336 e. The minimum absolute atomic E-state index is 0.00718. The molecule has 0 fully saturated rings. The summed E-state index contributed by atoms with van der Waals surface area (Å²) in [5.74, 6) is 1.53.